The number of nitrogens with one attached hydrogen (secondary N) is 3. The molecule has 4 N–H and O–H groups in total. The largest absolute Gasteiger partial charge is 0.508 e. The van der Waals surface area contributed by atoms with E-state index in [1.807, 2.05) is 6.92 Å². The van der Waals surface area contributed by atoms with Crippen LogP contribution in [0.2, 0.25) is 0 Å². The van der Waals surface area contributed by atoms with Crippen molar-refractivity contribution in [2.75, 3.05) is 30.7 Å². The first kappa shape index (κ1) is 21.6. The van der Waals surface area contributed by atoms with E-state index < -0.39 is 0 Å². The van der Waals surface area contributed by atoms with Gasteiger partial charge in [0, 0.05) is 23.7 Å². The summed E-state index contributed by atoms with van der Waals surface area (Å²) in [6.07, 6.45) is 0.895. The van der Waals surface area contributed by atoms with Gasteiger partial charge in [-0.05, 0) is 67.6 Å². The fraction of sp³-hybridized carbons (Fsp3) is 0.300. The molecule has 2 aromatic carbocycles. The van der Waals surface area contributed by atoms with Crippen LogP contribution in [0.1, 0.15) is 13.3 Å². The van der Waals surface area contributed by atoms with Gasteiger partial charge in [-0.15, -0.1) is 11.8 Å². The first-order valence-electron chi connectivity index (χ1n) is 9.06. The third kappa shape index (κ3) is 8.30. The average Bonchev–Trinajstić information content (AvgIpc) is 2.69. The molecule has 1 amide bonds. The number of hydrogen-bond acceptors (Lipinski definition) is 4. The molecule has 0 aromatic heterocycles. The first-order valence-corrected chi connectivity index (χ1v) is 10.0. The van der Waals surface area contributed by atoms with Crippen molar-refractivity contribution < 1.29 is 14.3 Å². The van der Waals surface area contributed by atoms with Crippen LogP contribution in [0, 0.1) is 5.82 Å². The Bertz CT molecular complexity index is 767. The monoisotopic (exact) mass is 404 g/mol. The second-order valence-electron chi connectivity index (χ2n) is 5.87. The highest BCUT2D eigenvalue weighted by Gasteiger charge is 2.03. The Balaban J connectivity index is 1.71. The number of phenols is 1. The van der Waals surface area contributed by atoms with Crippen molar-refractivity contribution in [1.82, 2.24) is 10.6 Å². The van der Waals surface area contributed by atoms with Crippen molar-refractivity contribution in [3.63, 3.8) is 0 Å². The van der Waals surface area contributed by atoms with Gasteiger partial charge >= 0.3 is 0 Å². The number of thioether (sulfide) groups is 1. The molecule has 28 heavy (non-hydrogen) atoms. The van der Waals surface area contributed by atoms with Crippen molar-refractivity contribution in [1.29, 1.82) is 0 Å². The Morgan fingerprint density at radius 3 is 2.50 bits per heavy atom. The normalized spacial score (nSPS) is 11.1. The number of carbonyl (C=O) groups excluding carboxylic acids is 1. The molecule has 2 rings (SSSR count). The Labute approximate surface area is 168 Å². The highest BCUT2D eigenvalue weighted by atomic mass is 32.2. The topological polar surface area (TPSA) is 85.8 Å². The molecule has 0 fully saturated rings. The summed E-state index contributed by atoms with van der Waals surface area (Å²) in [4.78, 5) is 17.3. The second kappa shape index (κ2) is 11.9. The molecular formula is C20H25FN4O2S. The van der Waals surface area contributed by atoms with Gasteiger partial charge < -0.3 is 21.1 Å². The van der Waals surface area contributed by atoms with Crippen molar-refractivity contribution in [3.8, 4) is 5.75 Å². The van der Waals surface area contributed by atoms with E-state index in [2.05, 4.69) is 20.9 Å². The molecule has 0 bridgehead atoms. The fourth-order valence-electron chi connectivity index (χ4n) is 2.24. The van der Waals surface area contributed by atoms with E-state index in [0.717, 1.165) is 17.1 Å². The summed E-state index contributed by atoms with van der Waals surface area (Å²) in [6.45, 7) is 3.34. The molecule has 150 valence electrons. The molecule has 0 unspecified atom stereocenters. The number of benzene rings is 2. The van der Waals surface area contributed by atoms with E-state index in [0.29, 0.717) is 24.7 Å². The van der Waals surface area contributed by atoms with E-state index in [1.54, 1.807) is 36.0 Å². The van der Waals surface area contributed by atoms with Crippen molar-refractivity contribution in [3.05, 3.63) is 54.3 Å². The third-order valence-electron chi connectivity index (χ3n) is 3.57. The van der Waals surface area contributed by atoms with Gasteiger partial charge in [0.05, 0.1) is 0 Å². The Morgan fingerprint density at radius 2 is 1.82 bits per heavy atom. The molecule has 0 aliphatic rings. The number of guanidine groups is 1. The predicted molar refractivity (Wildman–Crippen MR) is 112 cm³/mol. The summed E-state index contributed by atoms with van der Waals surface area (Å²) in [7, 11) is 0. The molecule has 0 saturated heterocycles. The lowest BCUT2D eigenvalue weighted by Gasteiger charge is -2.11. The van der Waals surface area contributed by atoms with Crippen LogP contribution in [-0.4, -0.2) is 42.4 Å². The minimum Gasteiger partial charge on any atom is -0.508 e. The highest BCUT2D eigenvalue weighted by Crippen LogP contribution is 2.18. The lowest BCUT2D eigenvalue weighted by Crippen LogP contribution is -2.38. The molecule has 0 aliphatic heterocycles. The number of hydrogen-bond donors (Lipinski definition) is 4. The number of anilines is 1. The molecule has 2 aromatic rings. The van der Waals surface area contributed by atoms with E-state index in [4.69, 9.17) is 0 Å². The van der Waals surface area contributed by atoms with Crippen LogP contribution in [0.3, 0.4) is 0 Å². The molecule has 0 radical (unpaired) electrons. The minimum absolute atomic E-state index is 0.0134. The Kier molecular flexibility index (Phi) is 9.14. The number of aliphatic imine (C=N–C) groups is 1. The van der Waals surface area contributed by atoms with Crippen LogP contribution < -0.4 is 16.0 Å². The van der Waals surface area contributed by atoms with Crippen LogP contribution in [0.4, 0.5) is 10.1 Å². The van der Waals surface area contributed by atoms with Gasteiger partial charge in [0.2, 0.25) is 5.91 Å². The van der Waals surface area contributed by atoms with Gasteiger partial charge in [-0.2, -0.15) is 0 Å². The van der Waals surface area contributed by atoms with Crippen molar-refractivity contribution in [2.45, 2.75) is 18.2 Å². The molecular weight excluding hydrogens is 379 g/mol. The lowest BCUT2D eigenvalue weighted by atomic mass is 10.3. The first-order chi connectivity index (χ1) is 13.6. The molecule has 0 aliphatic carbocycles. The lowest BCUT2D eigenvalue weighted by molar-refractivity contribution is -0.114. The summed E-state index contributed by atoms with van der Waals surface area (Å²) in [5, 5.41) is 18.3. The van der Waals surface area contributed by atoms with Gasteiger partial charge in [0.1, 0.15) is 18.1 Å². The van der Waals surface area contributed by atoms with Gasteiger partial charge in [0.15, 0.2) is 5.96 Å². The molecule has 0 heterocycles. The molecule has 0 saturated carbocycles. The average molecular weight is 405 g/mol. The van der Waals surface area contributed by atoms with Crippen LogP contribution >= 0.6 is 11.8 Å². The highest BCUT2D eigenvalue weighted by molar-refractivity contribution is 7.99. The molecule has 0 atom stereocenters. The Hall–Kier alpha value is -2.74. The Morgan fingerprint density at radius 1 is 1.11 bits per heavy atom. The summed E-state index contributed by atoms with van der Waals surface area (Å²) in [5.74, 6) is 1.14. The minimum atomic E-state index is -0.241. The third-order valence-corrected chi connectivity index (χ3v) is 4.67. The maximum atomic E-state index is 12.9. The van der Waals surface area contributed by atoms with Gasteiger partial charge in [-0.1, -0.05) is 0 Å². The van der Waals surface area contributed by atoms with Crippen molar-refractivity contribution in [2.24, 2.45) is 4.99 Å². The maximum Gasteiger partial charge on any atom is 0.246 e. The second-order valence-corrected chi connectivity index (χ2v) is 7.04. The summed E-state index contributed by atoms with van der Waals surface area (Å²) in [5.41, 5.74) is 0.605. The smallest absolute Gasteiger partial charge is 0.246 e. The van der Waals surface area contributed by atoms with E-state index in [-0.39, 0.29) is 24.0 Å². The van der Waals surface area contributed by atoms with Gasteiger partial charge in [0.25, 0.3) is 0 Å². The molecule has 6 nitrogen and oxygen atoms in total. The maximum absolute atomic E-state index is 12.9. The predicted octanol–water partition coefficient (Wildman–Crippen LogP) is 3.21. The number of aromatic hydroxyl groups is 1. The van der Waals surface area contributed by atoms with Crippen molar-refractivity contribution >= 4 is 29.3 Å². The number of amides is 1. The number of carbonyl (C=O) groups is 1. The zero-order valence-electron chi connectivity index (χ0n) is 15.7. The molecule has 8 heteroatoms. The quantitative estimate of drug-likeness (QED) is 0.170. The number of phenolic OH excluding ortho intramolecular Hbond substituents is 1. The van der Waals surface area contributed by atoms with Crippen LogP contribution in [-0.2, 0) is 4.79 Å². The number of nitrogens with zero attached hydrogens (tertiary/aromatic N) is 1. The van der Waals surface area contributed by atoms with Gasteiger partial charge in [-0.25, -0.2) is 9.38 Å². The summed E-state index contributed by atoms with van der Waals surface area (Å²) < 4.78 is 12.9. The van der Waals surface area contributed by atoms with E-state index in [1.165, 1.54) is 24.3 Å². The SMILES string of the molecule is CCNC(=NCC(=O)Nc1ccc(O)cc1)NCCCSc1ccc(F)cc1. The standard InChI is InChI=1S/C20H25FN4O2S/c1-2-22-20(23-12-3-13-28-18-10-4-15(21)5-11-18)24-14-19(27)25-16-6-8-17(26)9-7-16/h4-11,26H,2-3,12-14H2,1H3,(H,25,27)(H2,22,23,24). The van der Waals surface area contributed by atoms with Crippen LogP contribution in [0.25, 0.3) is 0 Å². The number of halogens is 1. The molecule has 0 spiro atoms. The fourth-order valence-corrected chi connectivity index (χ4v) is 3.09. The zero-order chi connectivity index (χ0) is 20.2. The zero-order valence-corrected chi connectivity index (χ0v) is 16.6. The van der Waals surface area contributed by atoms with E-state index in [9.17, 15) is 14.3 Å². The van der Waals surface area contributed by atoms with E-state index >= 15 is 0 Å². The number of rotatable bonds is 9. The summed E-state index contributed by atoms with van der Waals surface area (Å²) in [6, 6.07) is 12.7. The van der Waals surface area contributed by atoms with Gasteiger partial charge in [-0.3, -0.25) is 4.79 Å². The summed E-state index contributed by atoms with van der Waals surface area (Å²) >= 11 is 1.67. The van der Waals surface area contributed by atoms with Crippen LogP contribution in [0.5, 0.6) is 5.75 Å². The van der Waals surface area contributed by atoms with Crippen LogP contribution in [0.15, 0.2) is 58.4 Å².